The Kier molecular flexibility index (Phi) is 5.96. The maximum Gasteiger partial charge on any atom is 0.236 e. The monoisotopic (exact) mass is 319 g/mol. The van der Waals surface area contributed by atoms with E-state index in [0.717, 1.165) is 45.0 Å². The van der Waals surface area contributed by atoms with Gasteiger partial charge in [-0.1, -0.05) is 6.07 Å². The number of rotatable bonds is 4. The van der Waals surface area contributed by atoms with E-state index in [9.17, 15) is 4.79 Å². The Morgan fingerprint density at radius 1 is 1.17 bits per heavy atom. The second-order valence-electron chi connectivity index (χ2n) is 6.19. The molecule has 0 saturated carbocycles. The molecule has 6 heteroatoms. The summed E-state index contributed by atoms with van der Waals surface area (Å²) in [6, 6.07) is 5.96. The number of morpholine rings is 1. The van der Waals surface area contributed by atoms with Crippen molar-refractivity contribution < 1.29 is 14.3 Å². The topological polar surface area (TPSA) is 54.9 Å². The number of aromatic nitrogens is 1. The van der Waals surface area contributed by atoms with E-state index in [1.807, 2.05) is 29.3 Å². The van der Waals surface area contributed by atoms with Crippen molar-refractivity contribution in [2.24, 2.45) is 5.92 Å². The lowest BCUT2D eigenvalue weighted by atomic mass is 10.0. The first-order chi connectivity index (χ1) is 11.3. The number of hydrogen-bond donors (Lipinski definition) is 0. The molecule has 0 spiro atoms. The van der Waals surface area contributed by atoms with Crippen LogP contribution in [-0.2, 0) is 20.7 Å². The molecule has 0 aromatic carbocycles. The summed E-state index contributed by atoms with van der Waals surface area (Å²) < 4.78 is 11.0. The van der Waals surface area contributed by atoms with Crippen molar-refractivity contribution >= 4 is 5.91 Å². The van der Waals surface area contributed by atoms with E-state index >= 15 is 0 Å². The number of hydrogen-bond acceptors (Lipinski definition) is 5. The van der Waals surface area contributed by atoms with E-state index in [-0.39, 0.29) is 5.91 Å². The standard InChI is InChI=1S/C17H25N3O3/c21-17(13-19-5-8-22-9-6-19)20-7-10-23-14-15(12-20)11-16-3-1-2-4-18-16/h1-4,15H,5-14H2/t15-/m1/s1. The predicted octanol–water partition coefficient (Wildman–Crippen LogP) is 0.431. The van der Waals surface area contributed by atoms with E-state index in [2.05, 4.69) is 9.88 Å². The zero-order valence-electron chi connectivity index (χ0n) is 13.5. The van der Waals surface area contributed by atoms with Crippen LogP contribution in [-0.4, -0.2) is 79.8 Å². The van der Waals surface area contributed by atoms with Gasteiger partial charge in [0.15, 0.2) is 0 Å². The molecule has 0 bridgehead atoms. The van der Waals surface area contributed by atoms with Crippen LogP contribution in [0.25, 0.3) is 0 Å². The number of nitrogens with zero attached hydrogens (tertiary/aromatic N) is 3. The smallest absolute Gasteiger partial charge is 0.236 e. The second kappa shape index (κ2) is 8.38. The number of carbonyl (C=O) groups is 1. The van der Waals surface area contributed by atoms with Crippen LogP contribution < -0.4 is 0 Å². The van der Waals surface area contributed by atoms with Gasteiger partial charge in [0, 0.05) is 44.0 Å². The normalized spacial score (nSPS) is 23.5. The Morgan fingerprint density at radius 3 is 2.78 bits per heavy atom. The minimum atomic E-state index is 0.198. The molecule has 1 aromatic heterocycles. The van der Waals surface area contributed by atoms with E-state index < -0.39 is 0 Å². The van der Waals surface area contributed by atoms with Gasteiger partial charge in [-0.15, -0.1) is 0 Å². The van der Waals surface area contributed by atoms with Gasteiger partial charge < -0.3 is 14.4 Å². The minimum absolute atomic E-state index is 0.198. The third kappa shape index (κ3) is 4.99. The van der Waals surface area contributed by atoms with Gasteiger partial charge in [0.25, 0.3) is 0 Å². The van der Waals surface area contributed by atoms with Crippen molar-refractivity contribution in [3.05, 3.63) is 30.1 Å². The Balaban J connectivity index is 1.54. The lowest BCUT2D eigenvalue weighted by Crippen LogP contribution is -2.46. The Hall–Kier alpha value is -1.50. The molecule has 126 valence electrons. The zero-order chi connectivity index (χ0) is 15.9. The molecular weight excluding hydrogens is 294 g/mol. The molecule has 2 saturated heterocycles. The van der Waals surface area contributed by atoms with E-state index in [1.54, 1.807) is 0 Å². The summed E-state index contributed by atoms with van der Waals surface area (Å²) in [4.78, 5) is 21.1. The summed E-state index contributed by atoms with van der Waals surface area (Å²) in [6.07, 6.45) is 2.66. The third-order valence-electron chi connectivity index (χ3n) is 4.38. The van der Waals surface area contributed by atoms with Crippen LogP contribution in [0.1, 0.15) is 5.69 Å². The lowest BCUT2D eigenvalue weighted by Gasteiger charge is -2.30. The second-order valence-corrected chi connectivity index (χ2v) is 6.19. The highest BCUT2D eigenvalue weighted by Gasteiger charge is 2.24. The summed E-state index contributed by atoms with van der Waals surface area (Å²) in [7, 11) is 0. The van der Waals surface area contributed by atoms with Gasteiger partial charge in [-0.2, -0.15) is 0 Å². The largest absolute Gasteiger partial charge is 0.379 e. The van der Waals surface area contributed by atoms with Gasteiger partial charge in [-0.25, -0.2) is 0 Å². The molecule has 2 aliphatic heterocycles. The fourth-order valence-corrected chi connectivity index (χ4v) is 3.10. The summed E-state index contributed by atoms with van der Waals surface area (Å²) in [5, 5.41) is 0. The molecule has 2 aliphatic rings. The van der Waals surface area contributed by atoms with E-state index in [4.69, 9.17) is 9.47 Å². The Morgan fingerprint density at radius 2 is 2.00 bits per heavy atom. The lowest BCUT2D eigenvalue weighted by molar-refractivity contribution is -0.133. The number of pyridine rings is 1. The summed E-state index contributed by atoms with van der Waals surface area (Å²) in [5.41, 5.74) is 1.06. The van der Waals surface area contributed by atoms with Crippen molar-refractivity contribution in [2.45, 2.75) is 6.42 Å². The van der Waals surface area contributed by atoms with Gasteiger partial charge in [0.05, 0.1) is 33.0 Å². The van der Waals surface area contributed by atoms with Gasteiger partial charge >= 0.3 is 0 Å². The van der Waals surface area contributed by atoms with Crippen LogP contribution >= 0.6 is 0 Å². The number of amides is 1. The van der Waals surface area contributed by atoms with Crippen LogP contribution in [0, 0.1) is 5.92 Å². The van der Waals surface area contributed by atoms with E-state index in [1.165, 1.54) is 0 Å². The quantitative estimate of drug-likeness (QED) is 0.806. The fourth-order valence-electron chi connectivity index (χ4n) is 3.10. The van der Waals surface area contributed by atoms with Gasteiger partial charge in [0.2, 0.25) is 5.91 Å². The highest BCUT2D eigenvalue weighted by Crippen LogP contribution is 2.13. The molecule has 1 aromatic rings. The van der Waals surface area contributed by atoms with Crippen molar-refractivity contribution in [1.82, 2.24) is 14.8 Å². The predicted molar refractivity (Wildman–Crippen MR) is 86.1 cm³/mol. The van der Waals surface area contributed by atoms with Crippen LogP contribution in [0.3, 0.4) is 0 Å². The van der Waals surface area contributed by atoms with Crippen LogP contribution in [0.2, 0.25) is 0 Å². The van der Waals surface area contributed by atoms with Gasteiger partial charge in [-0.3, -0.25) is 14.7 Å². The number of ether oxygens (including phenoxy) is 2. The average Bonchev–Trinajstić information content (AvgIpc) is 2.82. The first-order valence-corrected chi connectivity index (χ1v) is 8.37. The van der Waals surface area contributed by atoms with Crippen LogP contribution in [0.15, 0.2) is 24.4 Å². The molecule has 2 fully saturated rings. The van der Waals surface area contributed by atoms with Gasteiger partial charge in [-0.05, 0) is 18.6 Å². The molecule has 1 atom stereocenters. The maximum atomic E-state index is 12.6. The third-order valence-corrected chi connectivity index (χ3v) is 4.38. The highest BCUT2D eigenvalue weighted by atomic mass is 16.5. The molecular formula is C17H25N3O3. The minimum Gasteiger partial charge on any atom is -0.379 e. The average molecular weight is 319 g/mol. The highest BCUT2D eigenvalue weighted by molar-refractivity contribution is 5.78. The van der Waals surface area contributed by atoms with Crippen molar-refractivity contribution in [3.63, 3.8) is 0 Å². The van der Waals surface area contributed by atoms with Gasteiger partial charge in [0.1, 0.15) is 0 Å². The SMILES string of the molecule is O=C(CN1CCOCC1)N1CCOC[C@H](Cc2ccccn2)C1. The fraction of sp³-hybridized carbons (Fsp3) is 0.647. The van der Waals surface area contributed by atoms with Crippen LogP contribution in [0.5, 0.6) is 0 Å². The van der Waals surface area contributed by atoms with Crippen molar-refractivity contribution in [2.75, 3.05) is 59.2 Å². The summed E-state index contributed by atoms with van der Waals surface area (Å²) in [5.74, 6) is 0.504. The Bertz CT molecular complexity index is 491. The number of carbonyl (C=O) groups excluding carboxylic acids is 1. The molecule has 0 unspecified atom stereocenters. The first-order valence-electron chi connectivity index (χ1n) is 8.37. The summed E-state index contributed by atoms with van der Waals surface area (Å²) in [6.45, 7) is 6.35. The summed E-state index contributed by atoms with van der Waals surface area (Å²) >= 11 is 0. The Labute approximate surface area is 137 Å². The van der Waals surface area contributed by atoms with Crippen molar-refractivity contribution in [3.8, 4) is 0 Å². The molecule has 23 heavy (non-hydrogen) atoms. The van der Waals surface area contributed by atoms with Crippen molar-refractivity contribution in [1.29, 1.82) is 0 Å². The first kappa shape index (κ1) is 16.4. The van der Waals surface area contributed by atoms with E-state index in [0.29, 0.717) is 32.2 Å². The molecule has 0 N–H and O–H groups in total. The molecule has 0 aliphatic carbocycles. The van der Waals surface area contributed by atoms with Crippen LogP contribution in [0.4, 0.5) is 0 Å². The molecule has 3 rings (SSSR count). The molecule has 1 amide bonds. The maximum absolute atomic E-state index is 12.6. The molecule has 0 radical (unpaired) electrons. The molecule has 3 heterocycles. The zero-order valence-corrected chi connectivity index (χ0v) is 13.5. The molecule has 6 nitrogen and oxygen atoms in total.